The lowest BCUT2D eigenvalue weighted by atomic mass is 10.1. The van der Waals surface area contributed by atoms with E-state index in [0.717, 1.165) is 0 Å². The Labute approximate surface area is 141 Å². The average molecular weight is 377 g/mol. The molecule has 12 heteroatoms. The highest BCUT2D eigenvalue weighted by Crippen LogP contribution is 2.37. The molecule has 1 aliphatic heterocycles. The minimum atomic E-state index is -4.71. The van der Waals surface area contributed by atoms with Gasteiger partial charge in [0.15, 0.2) is 11.8 Å². The van der Waals surface area contributed by atoms with Gasteiger partial charge in [0.05, 0.1) is 13.7 Å². The Morgan fingerprint density at radius 2 is 2.17 bits per heavy atom. The molecule has 0 bridgehead atoms. The maximum atomic E-state index is 10.8. The zero-order valence-corrected chi connectivity index (χ0v) is 14.2. The van der Waals surface area contributed by atoms with E-state index in [-0.39, 0.29) is 0 Å². The van der Waals surface area contributed by atoms with E-state index in [9.17, 15) is 14.8 Å². The van der Waals surface area contributed by atoms with Crippen LogP contribution in [0.2, 0.25) is 0 Å². The van der Waals surface area contributed by atoms with E-state index < -0.39 is 39.0 Å². The van der Waals surface area contributed by atoms with Crippen molar-refractivity contribution < 1.29 is 38.4 Å². The van der Waals surface area contributed by atoms with Gasteiger partial charge in [0.2, 0.25) is 6.23 Å². The van der Waals surface area contributed by atoms with E-state index in [1.54, 1.807) is 24.0 Å². The lowest BCUT2D eigenvalue weighted by Gasteiger charge is -2.14. The maximum absolute atomic E-state index is 10.8. The van der Waals surface area contributed by atoms with Crippen molar-refractivity contribution in [3.05, 3.63) is 18.6 Å². The van der Waals surface area contributed by atoms with Crippen molar-refractivity contribution in [2.24, 2.45) is 7.05 Å². The topological polar surface area (TPSA) is 138 Å². The third kappa shape index (κ3) is 3.17. The fourth-order valence-corrected chi connectivity index (χ4v) is 3.34. The van der Waals surface area contributed by atoms with Crippen molar-refractivity contribution in [2.75, 3.05) is 6.61 Å². The Morgan fingerprint density at radius 1 is 1.46 bits per heavy atom. The van der Waals surface area contributed by atoms with Crippen molar-refractivity contribution in [3.63, 3.8) is 0 Å². The Kier molecular flexibility index (Phi) is 4.62. The Bertz CT molecular complexity index is 809. The third-order valence-corrected chi connectivity index (χ3v) is 4.60. The summed E-state index contributed by atoms with van der Waals surface area (Å²) in [5.41, 5.74) is 1.12. The largest absolute Gasteiger partial charge is 0.776 e. The van der Waals surface area contributed by atoms with Crippen LogP contribution in [-0.4, -0.2) is 54.5 Å². The Balaban J connectivity index is 1.90. The molecule has 0 aromatic carbocycles. The number of rotatable bonds is 4. The first-order chi connectivity index (χ1) is 11.2. The normalized spacial score (nSPS) is 27.9. The molecule has 0 aliphatic carbocycles. The lowest BCUT2D eigenvalue weighted by Crippen LogP contribution is -2.45. The van der Waals surface area contributed by atoms with E-state index in [4.69, 9.17) is 27.2 Å². The van der Waals surface area contributed by atoms with Crippen LogP contribution in [0.4, 0.5) is 0 Å². The number of aryl methyl sites for hydroxylation is 1. The van der Waals surface area contributed by atoms with Crippen molar-refractivity contribution in [2.45, 2.75) is 29.4 Å². The number of imidazole rings is 1. The molecule has 4 atom stereocenters. The van der Waals surface area contributed by atoms with Crippen molar-refractivity contribution in [3.8, 4) is 0 Å². The number of nitrogens with zero attached hydrogens (tertiary/aromatic N) is 3. The summed E-state index contributed by atoms with van der Waals surface area (Å²) < 4.78 is 23.9. The number of phosphoric acid groups is 1. The van der Waals surface area contributed by atoms with Crippen molar-refractivity contribution >= 4 is 31.6 Å². The molecule has 2 aromatic heterocycles. The molecule has 0 unspecified atom stereocenters. The number of aromatic nitrogens is 3. The van der Waals surface area contributed by atoms with Crippen LogP contribution in [0.5, 0.6) is 0 Å². The molecule has 10 nitrogen and oxygen atoms in total. The minimum Gasteiger partial charge on any atom is -0.776 e. The van der Waals surface area contributed by atoms with Gasteiger partial charge in [-0.3, -0.25) is 9.09 Å². The van der Waals surface area contributed by atoms with E-state index in [0.29, 0.717) is 16.1 Å². The van der Waals surface area contributed by atoms with Crippen LogP contribution in [0, 0.1) is 0 Å². The first-order valence-electron chi connectivity index (χ1n) is 6.93. The second-order valence-corrected chi connectivity index (χ2v) is 7.13. The number of phosphoric ester groups is 1. The van der Waals surface area contributed by atoms with E-state index >= 15 is 0 Å². The number of hydrogen-bond acceptors (Lipinski definition) is 7. The number of pyridine rings is 1. The Morgan fingerprint density at radius 3 is 2.83 bits per heavy atom. The number of aliphatic hydroxyl groups excluding tert-OH is 2. The first-order valence-corrected chi connectivity index (χ1v) is 8.87. The monoisotopic (exact) mass is 377 g/mol. The standard InChI is InChI=1S/C12H16N3O7PS/c1-14-5-15(11-8(14)7(24)2-3-13-11)12-10(17)9(16)6(22-12)4-21-23(18,19)20/h2-3,5-6,9-10,12,16-17H,4H2,1H3,(H2-,13,18,19,20,24)/t6-,9-,10-,12-/m1/s1. The van der Waals surface area contributed by atoms with Crippen LogP contribution in [0.15, 0.2) is 23.5 Å². The molecule has 1 fully saturated rings. The molecular formula is C12H16N3O7PS. The zero-order chi connectivity index (χ0) is 17.6. The van der Waals surface area contributed by atoms with Crippen LogP contribution >= 0.6 is 7.82 Å². The van der Waals surface area contributed by atoms with Gasteiger partial charge in [-0.1, -0.05) is 0 Å². The number of hydrogen-bond donors (Lipinski definition) is 4. The molecule has 1 saturated heterocycles. The zero-order valence-electron chi connectivity index (χ0n) is 12.5. The first kappa shape index (κ1) is 17.6. The molecular weight excluding hydrogens is 361 g/mol. The molecule has 3 rings (SSSR count). The SMILES string of the molecule is Cn1c[n+]([C@@H]2O[C@H](COP(=O)(O)O)[C@@H](O)[C@H]2O)c2nccc([S-])c21. The number of ether oxygens (including phenoxy) is 1. The van der Waals surface area contributed by atoms with Gasteiger partial charge in [0.1, 0.15) is 24.5 Å². The summed E-state index contributed by atoms with van der Waals surface area (Å²) in [5.74, 6) is 0. The van der Waals surface area contributed by atoms with Gasteiger partial charge in [-0.15, -0.1) is 9.88 Å². The fraction of sp³-hybridized carbons (Fsp3) is 0.500. The summed E-state index contributed by atoms with van der Waals surface area (Å²) in [6.07, 6.45) is -1.68. The van der Waals surface area contributed by atoms with Crippen LogP contribution in [-0.2, 0) is 33.5 Å². The van der Waals surface area contributed by atoms with Gasteiger partial charge in [0.25, 0.3) is 0 Å². The highest BCUT2D eigenvalue weighted by Gasteiger charge is 2.47. The molecule has 0 saturated carbocycles. The second-order valence-electron chi connectivity index (χ2n) is 5.45. The summed E-state index contributed by atoms with van der Waals surface area (Å²) in [7, 11) is -2.96. The highest BCUT2D eigenvalue weighted by atomic mass is 32.1. The Hall–Kier alpha value is -1.17. The molecule has 132 valence electrons. The van der Waals surface area contributed by atoms with Crippen LogP contribution < -0.4 is 4.57 Å². The molecule has 2 aromatic rings. The predicted octanol–water partition coefficient (Wildman–Crippen LogP) is -1.50. The molecule has 0 radical (unpaired) electrons. The summed E-state index contributed by atoms with van der Waals surface area (Å²) in [5, 5.41) is 20.3. The van der Waals surface area contributed by atoms with Gasteiger partial charge in [-0.2, -0.15) is 0 Å². The van der Waals surface area contributed by atoms with Crippen LogP contribution in [0.3, 0.4) is 0 Å². The molecule has 0 amide bonds. The van der Waals surface area contributed by atoms with E-state index in [1.807, 2.05) is 0 Å². The summed E-state index contributed by atoms with van der Waals surface area (Å²) >= 11 is 5.25. The molecule has 1 aliphatic rings. The minimum absolute atomic E-state index is 0.456. The molecule has 0 spiro atoms. The molecule has 3 heterocycles. The van der Waals surface area contributed by atoms with Gasteiger partial charge in [-0.25, -0.2) is 9.13 Å². The molecule has 24 heavy (non-hydrogen) atoms. The van der Waals surface area contributed by atoms with Gasteiger partial charge in [0, 0.05) is 0 Å². The number of aliphatic hydroxyl groups is 2. The van der Waals surface area contributed by atoms with Crippen LogP contribution in [0.1, 0.15) is 6.23 Å². The van der Waals surface area contributed by atoms with Gasteiger partial charge >= 0.3 is 13.5 Å². The number of fused-ring (bicyclic) bond motifs is 1. The smallest absolute Gasteiger partial charge is 0.469 e. The van der Waals surface area contributed by atoms with E-state index in [1.165, 1.54) is 10.8 Å². The fourth-order valence-electron chi connectivity index (χ4n) is 2.70. The van der Waals surface area contributed by atoms with Crippen LogP contribution in [0.25, 0.3) is 11.2 Å². The van der Waals surface area contributed by atoms with E-state index in [2.05, 4.69) is 9.51 Å². The quantitative estimate of drug-likeness (QED) is 0.285. The molecule has 4 N–H and O–H groups in total. The maximum Gasteiger partial charge on any atom is 0.469 e. The van der Waals surface area contributed by atoms with Crippen molar-refractivity contribution in [1.29, 1.82) is 0 Å². The average Bonchev–Trinajstić information content (AvgIpc) is 2.96. The summed E-state index contributed by atoms with van der Waals surface area (Å²) in [4.78, 5) is 22.3. The summed E-state index contributed by atoms with van der Waals surface area (Å²) in [6, 6.07) is 1.67. The second kappa shape index (κ2) is 6.28. The highest BCUT2D eigenvalue weighted by molar-refractivity contribution is 7.59. The van der Waals surface area contributed by atoms with Gasteiger partial charge < -0.3 is 37.4 Å². The summed E-state index contributed by atoms with van der Waals surface area (Å²) in [6.45, 7) is -0.565. The predicted molar refractivity (Wildman–Crippen MR) is 80.5 cm³/mol. The lowest BCUT2D eigenvalue weighted by molar-refractivity contribution is -0.745. The third-order valence-electron chi connectivity index (χ3n) is 3.78. The van der Waals surface area contributed by atoms with Gasteiger partial charge in [-0.05, 0) is 6.07 Å². The van der Waals surface area contributed by atoms with Crippen molar-refractivity contribution in [1.82, 2.24) is 9.55 Å².